The van der Waals surface area contributed by atoms with Crippen LogP contribution in [0.25, 0.3) is 5.69 Å². The van der Waals surface area contributed by atoms with E-state index < -0.39 is 17.6 Å². The molecule has 0 aliphatic carbocycles. The number of carbonyl (C=O) groups excluding carboxylic acids is 1. The van der Waals surface area contributed by atoms with Crippen molar-refractivity contribution in [3.05, 3.63) is 76.1 Å². The summed E-state index contributed by atoms with van der Waals surface area (Å²) < 4.78 is 45.4. The first kappa shape index (κ1) is 22.8. The van der Waals surface area contributed by atoms with Gasteiger partial charge in [0.15, 0.2) is 6.61 Å². The molecule has 3 aromatic rings. The summed E-state index contributed by atoms with van der Waals surface area (Å²) in [7, 11) is 0. The summed E-state index contributed by atoms with van der Waals surface area (Å²) in [4.78, 5) is 11.9. The Labute approximate surface area is 185 Å². The molecule has 0 saturated heterocycles. The molecule has 0 aliphatic heterocycles. The minimum Gasteiger partial charge on any atom is -0.482 e. The van der Waals surface area contributed by atoms with Crippen molar-refractivity contribution in [1.82, 2.24) is 15.2 Å². The lowest BCUT2D eigenvalue weighted by Crippen LogP contribution is -2.24. The van der Waals surface area contributed by atoms with Crippen LogP contribution in [0, 0.1) is 18.3 Å². The molecule has 0 fully saturated rings. The van der Waals surface area contributed by atoms with Crippen molar-refractivity contribution in [2.75, 3.05) is 6.61 Å². The second-order valence-electron chi connectivity index (χ2n) is 6.44. The third-order valence-corrected chi connectivity index (χ3v) is 4.58. The quantitative estimate of drug-likeness (QED) is 0.438. The fourth-order valence-corrected chi connectivity index (χ4v) is 2.99. The predicted octanol–water partition coefficient (Wildman–Crippen LogP) is 4.25. The molecule has 3 rings (SSSR count). The number of carbonyl (C=O) groups is 1. The second-order valence-corrected chi connectivity index (χ2v) is 6.80. The fourth-order valence-electron chi connectivity index (χ4n) is 2.67. The number of hydrogen-bond donors (Lipinski definition) is 1. The molecule has 11 heteroatoms. The van der Waals surface area contributed by atoms with Crippen LogP contribution < -0.4 is 10.2 Å². The van der Waals surface area contributed by atoms with Gasteiger partial charge in [-0.25, -0.2) is 10.1 Å². The summed E-state index contributed by atoms with van der Waals surface area (Å²) >= 11 is 6.28. The van der Waals surface area contributed by atoms with Gasteiger partial charge in [-0.2, -0.15) is 28.6 Å². The van der Waals surface area contributed by atoms with E-state index in [2.05, 4.69) is 15.6 Å². The molecule has 0 atom stereocenters. The van der Waals surface area contributed by atoms with Gasteiger partial charge < -0.3 is 4.74 Å². The van der Waals surface area contributed by atoms with Crippen LogP contribution in [-0.4, -0.2) is 28.5 Å². The molecular weight excluding hydrogens is 447 g/mol. The van der Waals surface area contributed by atoms with Gasteiger partial charge in [0.05, 0.1) is 34.3 Å². The highest BCUT2D eigenvalue weighted by molar-refractivity contribution is 6.32. The Kier molecular flexibility index (Phi) is 6.80. The first-order chi connectivity index (χ1) is 15.2. The molecule has 2 aromatic carbocycles. The largest absolute Gasteiger partial charge is 0.482 e. The Morgan fingerprint density at radius 1 is 1.31 bits per heavy atom. The zero-order chi connectivity index (χ0) is 23.3. The minimum absolute atomic E-state index is 0.0269. The molecule has 0 spiro atoms. The Balaban J connectivity index is 1.69. The number of ether oxygens (including phenoxy) is 1. The number of nitrogens with zero attached hydrogens (tertiary/aromatic N) is 4. The highest BCUT2D eigenvalue weighted by atomic mass is 35.5. The molecule has 0 radical (unpaired) electrons. The number of halogens is 4. The molecule has 0 aliphatic rings. The van der Waals surface area contributed by atoms with E-state index in [0.717, 1.165) is 16.8 Å². The van der Waals surface area contributed by atoms with Gasteiger partial charge in [-0.05, 0) is 37.3 Å². The lowest BCUT2D eigenvalue weighted by Gasteiger charge is -2.09. The lowest BCUT2D eigenvalue weighted by molar-refractivity contribution is -0.137. The maximum atomic E-state index is 13.0. The van der Waals surface area contributed by atoms with Crippen molar-refractivity contribution in [1.29, 1.82) is 5.26 Å². The Hall–Kier alpha value is -3.84. The van der Waals surface area contributed by atoms with Crippen molar-refractivity contribution in [2.45, 2.75) is 13.1 Å². The molecule has 0 bridgehead atoms. The molecule has 164 valence electrons. The molecule has 1 amide bonds. The minimum atomic E-state index is -4.50. The molecule has 0 saturated carbocycles. The fraction of sp³-hybridized carbons (Fsp3) is 0.143. The van der Waals surface area contributed by atoms with E-state index in [1.807, 2.05) is 6.07 Å². The SMILES string of the molecule is Cc1nn(-c2cccc(C(F)(F)F)c2)c(Cl)c1/C=N/NC(=O)COc1ccccc1C#N. The van der Waals surface area contributed by atoms with E-state index in [-0.39, 0.29) is 28.8 Å². The standard InChI is InChI=1S/C21H15ClF3N5O2/c1-13-17(11-27-28-19(31)12-32-18-8-3-2-5-14(18)10-26)20(22)30(29-13)16-7-4-6-15(9-16)21(23,24)25/h2-9,11H,12H2,1H3,(H,28,31)/b27-11+. The van der Waals surface area contributed by atoms with E-state index in [9.17, 15) is 18.0 Å². The number of rotatable bonds is 6. The van der Waals surface area contributed by atoms with E-state index in [1.165, 1.54) is 18.3 Å². The Morgan fingerprint density at radius 2 is 2.06 bits per heavy atom. The maximum absolute atomic E-state index is 13.0. The van der Waals surface area contributed by atoms with E-state index >= 15 is 0 Å². The summed E-state index contributed by atoms with van der Waals surface area (Å²) in [5.41, 5.74) is 2.54. The summed E-state index contributed by atoms with van der Waals surface area (Å²) in [5, 5.41) is 17.0. The van der Waals surface area contributed by atoms with Gasteiger partial charge in [0, 0.05) is 0 Å². The van der Waals surface area contributed by atoms with Gasteiger partial charge in [-0.15, -0.1) is 0 Å². The molecule has 7 nitrogen and oxygen atoms in total. The van der Waals surface area contributed by atoms with Crippen LogP contribution in [0.15, 0.2) is 53.6 Å². The van der Waals surface area contributed by atoms with Gasteiger partial charge in [-0.1, -0.05) is 29.8 Å². The monoisotopic (exact) mass is 461 g/mol. The molecule has 1 N–H and O–H groups in total. The first-order valence-corrected chi connectivity index (χ1v) is 9.45. The summed E-state index contributed by atoms with van der Waals surface area (Å²) in [5.74, 6) is -0.330. The van der Waals surface area contributed by atoms with Crippen LogP contribution >= 0.6 is 11.6 Å². The van der Waals surface area contributed by atoms with Crippen molar-refractivity contribution in [2.24, 2.45) is 5.10 Å². The molecule has 0 unspecified atom stereocenters. The number of aromatic nitrogens is 2. The average Bonchev–Trinajstić information content (AvgIpc) is 3.05. The van der Waals surface area contributed by atoms with Crippen LogP contribution in [0.3, 0.4) is 0 Å². The van der Waals surface area contributed by atoms with Crippen molar-refractivity contribution in [3.8, 4) is 17.5 Å². The summed E-state index contributed by atoms with van der Waals surface area (Å²) in [6.07, 6.45) is -3.27. The predicted molar refractivity (Wildman–Crippen MR) is 111 cm³/mol. The molecule has 32 heavy (non-hydrogen) atoms. The summed E-state index contributed by atoms with van der Waals surface area (Å²) in [6.45, 7) is 1.22. The average molecular weight is 462 g/mol. The van der Waals surface area contributed by atoms with E-state index in [0.29, 0.717) is 11.3 Å². The zero-order valence-electron chi connectivity index (χ0n) is 16.5. The number of nitrogens with one attached hydrogen (secondary N) is 1. The second kappa shape index (κ2) is 9.53. The number of amides is 1. The van der Waals surface area contributed by atoms with Gasteiger partial charge in [0.1, 0.15) is 17.0 Å². The number of benzene rings is 2. The Morgan fingerprint density at radius 3 is 2.78 bits per heavy atom. The maximum Gasteiger partial charge on any atom is 0.416 e. The van der Waals surface area contributed by atoms with Crippen LogP contribution in [-0.2, 0) is 11.0 Å². The number of hydrogen-bond acceptors (Lipinski definition) is 5. The van der Waals surface area contributed by atoms with Gasteiger partial charge in [0.2, 0.25) is 0 Å². The number of nitriles is 1. The highest BCUT2D eigenvalue weighted by Gasteiger charge is 2.30. The third kappa shape index (κ3) is 5.25. The van der Waals surface area contributed by atoms with Crippen LogP contribution in [0.2, 0.25) is 5.15 Å². The lowest BCUT2D eigenvalue weighted by atomic mass is 10.2. The number of alkyl halides is 3. The van der Waals surface area contributed by atoms with Crippen molar-refractivity contribution < 1.29 is 22.7 Å². The van der Waals surface area contributed by atoms with Gasteiger partial charge in [-0.3, -0.25) is 4.79 Å². The van der Waals surface area contributed by atoms with Gasteiger partial charge in [0.25, 0.3) is 5.91 Å². The van der Waals surface area contributed by atoms with Crippen molar-refractivity contribution >= 4 is 23.7 Å². The number of aryl methyl sites for hydroxylation is 1. The first-order valence-electron chi connectivity index (χ1n) is 9.07. The van der Waals surface area contributed by atoms with Crippen LogP contribution in [0.5, 0.6) is 5.75 Å². The number of hydrazone groups is 1. The smallest absolute Gasteiger partial charge is 0.416 e. The van der Waals surface area contributed by atoms with Crippen LogP contribution in [0.1, 0.15) is 22.4 Å². The van der Waals surface area contributed by atoms with Gasteiger partial charge >= 0.3 is 6.18 Å². The normalized spacial score (nSPS) is 11.4. The zero-order valence-corrected chi connectivity index (χ0v) is 17.3. The molecule has 1 aromatic heterocycles. The summed E-state index contributed by atoms with van der Waals surface area (Å²) in [6, 6.07) is 13.0. The van der Waals surface area contributed by atoms with Crippen molar-refractivity contribution in [3.63, 3.8) is 0 Å². The van der Waals surface area contributed by atoms with E-state index in [4.69, 9.17) is 21.6 Å². The number of para-hydroxylation sites is 1. The molecule has 1 heterocycles. The molecular formula is C21H15ClF3N5O2. The Bertz CT molecular complexity index is 1210. The highest BCUT2D eigenvalue weighted by Crippen LogP contribution is 2.31. The van der Waals surface area contributed by atoms with E-state index in [1.54, 1.807) is 31.2 Å². The topological polar surface area (TPSA) is 92.3 Å². The third-order valence-electron chi connectivity index (χ3n) is 4.22. The van der Waals surface area contributed by atoms with Crippen LogP contribution in [0.4, 0.5) is 13.2 Å².